The molecule has 5 nitrogen and oxygen atoms in total. The Labute approximate surface area is 114 Å². The molecule has 18 heavy (non-hydrogen) atoms. The van der Waals surface area contributed by atoms with Gasteiger partial charge in [0.1, 0.15) is 0 Å². The minimum atomic E-state index is -0.738. The van der Waals surface area contributed by atoms with Crippen molar-refractivity contribution in [3.05, 3.63) is 23.2 Å². The molecule has 0 aromatic heterocycles. The van der Waals surface area contributed by atoms with Crippen molar-refractivity contribution in [1.82, 2.24) is 5.32 Å². The average molecular weight is 289 g/mol. The van der Waals surface area contributed by atoms with Crippen molar-refractivity contribution in [1.29, 1.82) is 0 Å². The van der Waals surface area contributed by atoms with Crippen LogP contribution in [0.3, 0.4) is 0 Å². The number of hydrogen-bond donors (Lipinski definition) is 2. The molecule has 98 valence electrons. The number of imide groups is 1. The fourth-order valence-corrected chi connectivity index (χ4v) is 2.04. The fraction of sp³-hybridized carbons (Fsp3) is 0.273. The maximum Gasteiger partial charge on any atom is 0.413 e. The Bertz CT molecular complexity index is 454. The number of benzene rings is 1. The van der Waals surface area contributed by atoms with E-state index in [1.807, 2.05) is 0 Å². The van der Waals surface area contributed by atoms with Crippen molar-refractivity contribution < 1.29 is 14.3 Å². The smallest absolute Gasteiger partial charge is 0.413 e. The second-order valence-corrected chi connectivity index (χ2v) is 4.70. The molecule has 0 unspecified atom stereocenters. The summed E-state index contributed by atoms with van der Waals surface area (Å²) in [5.41, 5.74) is 6.05. The van der Waals surface area contributed by atoms with Crippen LogP contribution in [-0.2, 0) is 9.53 Å². The van der Waals surface area contributed by atoms with E-state index in [0.29, 0.717) is 10.7 Å². The lowest BCUT2D eigenvalue weighted by molar-refractivity contribution is -0.117. The molecule has 0 aliphatic heterocycles. The predicted molar refractivity (Wildman–Crippen MR) is 71.8 cm³/mol. The number of anilines is 1. The zero-order valence-corrected chi connectivity index (χ0v) is 11.3. The molecule has 2 amide bonds. The highest BCUT2D eigenvalue weighted by molar-refractivity contribution is 8.00. The Morgan fingerprint density at radius 2 is 2.22 bits per heavy atom. The first-order valence-corrected chi connectivity index (χ1v) is 6.53. The van der Waals surface area contributed by atoms with Crippen molar-refractivity contribution in [2.75, 3.05) is 18.1 Å². The SMILES string of the molecule is CCOC(=O)NC(=O)CSc1ccc(N)c(Cl)c1. The van der Waals surface area contributed by atoms with Crippen LogP contribution in [0, 0.1) is 0 Å². The number of carbonyl (C=O) groups excluding carboxylic acids is 2. The standard InChI is InChI=1S/C11H13ClN2O3S/c1-2-17-11(16)14-10(15)6-18-7-3-4-9(13)8(12)5-7/h3-5H,2,6,13H2,1H3,(H,14,15,16). The maximum atomic E-state index is 11.4. The molecule has 0 aliphatic carbocycles. The molecule has 0 saturated carbocycles. The summed E-state index contributed by atoms with van der Waals surface area (Å²) in [7, 11) is 0. The molecule has 7 heteroatoms. The van der Waals surface area contributed by atoms with Gasteiger partial charge in [-0.2, -0.15) is 0 Å². The van der Waals surface area contributed by atoms with Crippen LogP contribution in [0.25, 0.3) is 0 Å². The normalized spacial score (nSPS) is 9.89. The monoisotopic (exact) mass is 288 g/mol. The molecule has 0 heterocycles. The second-order valence-electron chi connectivity index (χ2n) is 3.24. The Morgan fingerprint density at radius 1 is 1.50 bits per heavy atom. The topological polar surface area (TPSA) is 81.4 Å². The van der Waals surface area contributed by atoms with E-state index >= 15 is 0 Å². The van der Waals surface area contributed by atoms with E-state index in [4.69, 9.17) is 17.3 Å². The number of carbonyl (C=O) groups is 2. The molecular formula is C11H13ClN2O3S. The van der Waals surface area contributed by atoms with Crippen LogP contribution in [0.5, 0.6) is 0 Å². The van der Waals surface area contributed by atoms with Crippen LogP contribution in [0.4, 0.5) is 10.5 Å². The van der Waals surface area contributed by atoms with Gasteiger partial charge in [-0.3, -0.25) is 10.1 Å². The van der Waals surface area contributed by atoms with Crippen molar-refractivity contribution in [2.45, 2.75) is 11.8 Å². The van der Waals surface area contributed by atoms with Crippen LogP contribution in [-0.4, -0.2) is 24.4 Å². The van der Waals surface area contributed by atoms with Crippen molar-refractivity contribution in [2.24, 2.45) is 0 Å². The zero-order chi connectivity index (χ0) is 13.5. The predicted octanol–water partition coefficient (Wildman–Crippen LogP) is 2.29. The molecule has 3 N–H and O–H groups in total. The lowest BCUT2D eigenvalue weighted by atomic mass is 10.3. The third kappa shape index (κ3) is 4.85. The van der Waals surface area contributed by atoms with Gasteiger partial charge < -0.3 is 10.5 Å². The molecule has 1 rings (SSSR count). The van der Waals surface area contributed by atoms with Crippen LogP contribution >= 0.6 is 23.4 Å². The van der Waals surface area contributed by atoms with Crippen LogP contribution < -0.4 is 11.1 Å². The first-order valence-electron chi connectivity index (χ1n) is 5.17. The third-order valence-electron chi connectivity index (χ3n) is 1.86. The number of nitrogen functional groups attached to an aromatic ring is 1. The molecule has 1 aromatic rings. The number of thioether (sulfide) groups is 1. The quantitative estimate of drug-likeness (QED) is 0.656. The number of nitrogens with one attached hydrogen (secondary N) is 1. The Balaban J connectivity index is 2.42. The van der Waals surface area contributed by atoms with Gasteiger partial charge in [-0.25, -0.2) is 4.79 Å². The van der Waals surface area contributed by atoms with Crippen LogP contribution in [0.15, 0.2) is 23.1 Å². The zero-order valence-electron chi connectivity index (χ0n) is 9.73. The van der Waals surface area contributed by atoms with E-state index in [-0.39, 0.29) is 12.4 Å². The van der Waals surface area contributed by atoms with E-state index < -0.39 is 12.0 Å². The summed E-state index contributed by atoms with van der Waals surface area (Å²) in [5, 5.41) is 2.53. The van der Waals surface area contributed by atoms with Crippen LogP contribution in [0.1, 0.15) is 6.92 Å². The summed E-state index contributed by atoms with van der Waals surface area (Å²) >= 11 is 7.09. The Morgan fingerprint density at radius 3 is 2.83 bits per heavy atom. The molecular weight excluding hydrogens is 276 g/mol. The fourth-order valence-electron chi connectivity index (χ4n) is 1.06. The molecule has 0 bridgehead atoms. The minimum Gasteiger partial charge on any atom is -0.450 e. The molecule has 0 saturated heterocycles. The number of nitrogens with two attached hydrogens (primary N) is 1. The number of alkyl carbamates (subject to hydrolysis) is 1. The molecule has 0 fully saturated rings. The Hall–Kier alpha value is -1.40. The van der Waals surface area contributed by atoms with E-state index in [1.165, 1.54) is 11.8 Å². The number of rotatable bonds is 4. The number of halogens is 1. The Kier molecular flexibility index (Phi) is 5.80. The summed E-state index contributed by atoms with van der Waals surface area (Å²) in [5.74, 6) is -0.328. The molecule has 1 aromatic carbocycles. The highest BCUT2D eigenvalue weighted by Gasteiger charge is 2.09. The number of amides is 2. The third-order valence-corrected chi connectivity index (χ3v) is 3.18. The van der Waals surface area contributed by atoms with Gasteiger partial charge in [-0.1, -0.05) is 11.6 Å². The maximum absolute atomic E-state index is 11.4. The van der Waals surface area contributed by atoms with Gasteiger partial charge in [-0.05, 0) is 25.1 Å². The minimum absolute atomic E-state index is 0.0963. The average Bonchev–Trinajstić information content (AvgIpc) is 2.31. The van der Waals surface area contributed by atoms with E-state index in [0.717, 1.165) is 4.90 Å². The largest absolute Gasteiger partial charge is 0.450 e. The summed E-state index contributed by atoms with van der Waals surface area (Å²) in [6.45, 7) is 1.88. The summed E-state index contributed by atoms with van der Waals surface area (Å²) in [6, 6.07) is 5.08. The van der Waals surface area contributed by atoms with Gasteiger partial charge >= 0.3 is 6.09 Å². The molecule has 0 atom stereocenters. The van der Waals surface area contributed by atoms with Crippen molar-refractivity contribution >= 4 is 41.1 Å². The summed E-state index contributed by atoms with van der Waals surface area (Å²) in [4.78, 5) is 23.1. The number of ether oxygens (including phenoxy) is 1. The highest BCUT2D eigenvalue weighted by atomic mass is 35.5. The van der Waals surface area contributed by atoms with Gasteiger partial charge in [0.15, 0.2) is 0 Å². The van der Waals surface area contributed by atoms with Gasteiger partial charge in [-0.15, -0.1) is 11.8 Å². The van der Waals surface area contributed by atoms with E-state index in [9.17, 15) is 9.59 Å². The molecule has 0 radical (unpaired) electrons. The van der Waals surface area contributed by atoms with Gasteiger partial charge in [0.2, 0.25) is 5.91 Å². The highest BCUT2D eigenvalue weighted by Crippen LogP contribution is 2.26. The van der Waals surface area contributed by atoms with Gasteiger partial charge in [0, 0.05) is 4.90 Å². The van der Waals surface area contributed by atoms with Crippen LogP contribution in [0.2, 0.25) is 5.02 Å². The first-order chi connectivity index (χ1) is 8.52. The molecule has 0 aliphatic rings. The van der Waals surface area contributed by atoms with Crippen molar-refractivity contribution in [3.8, 4) is 0 Å². The van der Waals surface area contributed by atoms with Gasteiger partial charge in [0.05, 0.1) is 23.1 Å². The summed E-state index contributed by atoms with van der Waals surface area (Å²) in [6.07, 6.45) is -0.738. The second kappa shape index (κ2) is 7.13. The van der Waals surface area contributed by atoms with Gasteiger partial charge in [0.25, 0.3) is 0 Å². The van der Waals surface area contributed by atoms with E-state index in [2.05, 4.69) is 10.1 Å². The number of hydrogen-bond acceptors (Lipinski definition) is 5. The van der Waals surface area contributed by atoms with E-state index in [1.54, 1.807) is 25.1 Å². The first kappa shape index (κ1) is 14.7. The molecule has 0 spiro atoms. The lowest BCUT2D eigenvalue weighted by Crippen LogP contribution is -2.32. The van der Waals surface area contributed by atoms with Crippen molar-refractivity contribution in [3.63, 3.8) is 0 Å². The summed E-state index contributed by atoms with van der Waals surface area (Å²) < 4.78 is 4.58. The lowest BCUT2D eigenvalue weighted by Gasteiger charge is -2.05.